The molecule has 0 fully saturated rings. The van der Waals surface area contributed by atoms with Crippen LogP contribution in [0.5, 0.6) is 5.75 Å². The number of carbonyl (C=O) groups excluding carboxylic acids is 1. The standard InChI is InChI=1S/C10H11N3O3/c1-16-10(15)8-9-6(14)3-2-4-13(9)7(5-11)12-8/h2-4,14H,5,11H2,1H3. The van der Waals surface area contributed by atoms with Crippen molar-refractivity contribution in [1.29, 1.82) is 0 Å². The summed E-state index contributed by atoms with van der Waals surface area (Å²) < 4.78 is 6.16. The summed E-state index contributed by atoms with van der Waals surface area (Å²) >= 11 is 0. The van der Waals surface area contributed by atoms with Gasteiger partial charge in [-0.05, 0) is 12.1 Å². The molecule has 0 atom stereocenters. The molecule has 16 heavy (non-hydrogen) atoms. The molecule has 0 unspecified atom stereocenters. The van der Waals surface area contributed by atoms with Gasteiger partial charge in [0.2, 0.25) is 0 Å². The highest BCUT2D eigenvalue weighted by Gasteiger charge is 2.19. The molecule has 0 aromatic carbocycles. The highest BCUT2D eigenvalue weighted by Crippen LogP contribution is 2.23. The molecular formula is C10H11N3O3. The van der Waals surface area contributed by atoms with E-state index in [2.05, 4.69) is 9.72 Å². The number of aromatic hydroxyl groups is 1. The van der Waals surface area contributed by atoms with E-state index in [1.807, 2.05) is 0 Å². The molecule has 84 valence electrons. The van der Waals surface area contributed by atoms with Crippen molar-refractivity contribution >= 4 is 11.5 Å². The van der Waals surface area contributed by atoms with Gasteiger partial charge in [0.1, 0.15) is 17.1 Å². The normalized spacial score (nSPS) is 10.6. The van der Waals surface area contributed by atoms with Gasteiger partial charge >= 0.3 is 5.97 Å². The smallest absolute Gasteiger partial charge is 0.359 e. The summed E-state index contributed by atoms with van der Waals surface area (Å²) in [7, 11) is 1.26. The second-order valence-electron chi connectivity index (χ2n) is 3.18. The molecule has 6 heteroatoms. The number of nitrogens with zero attached hydrogens (tertiary/aromatic N) is 2. The van der Waals surface area contributed by atoms with E-state index in [9.17, 15) is 9.90 Å². The zero-order valence-electron chi connectivity index (χ0n) is 8.67. The Balaban J connectivity index is 2.79. The van der Waals surface area contributed by atoms with Gasteiger partial charge < -0.3 is 15.6 Å². The highest BCUT2D eigenvalue weighted by atomic mass is 16.5. The number of rotatable bonds is 2. The van der Waals surface area contributed by atoms with Crippen LogP contribution in [0.25, 0.3) is 5.52 Å². The zero-order chi connectivity index (χ0) is 11.7. The third-order valence-electron chi connectivity index (χ3n) is 2.28. The van der Waals surface area contributed by atoms with Gasteiger partial charge in [-0.1, -0.05) is 0 Å². The lowest BCUT2D eigenvalue weighted by Gasteiger charge is -2.00. The molecule has 2 heterocycles. The Hall–Kier alpha value is -2.08. The monoisotopic (exact) mass is 221 g/mol. The first-order valence-electron chi connectivity index (χ1n) is 4.66. The van der Waals surface area contributed by atoms with Gasteiger partial charge in [-0.15, -0.1) is 0 Å². The van der Waals surface area contributed by atoms with Gasteiger partial charge in [-0.25, -0.2) is 9.78 Å². The molecule has 2 aromatic heterocycles. The van der Waals surface area contributed by atoms with E-state index in [0.717, 1.165) is 0 Å². The fraction of sp³-hybridized carbons (Fsp3) is 0.200. The predicted octanol–water partition coefficient (Wildman–Crippen LogP) is 0.285. The Morgan fingerprint density at radius 1 is 1.69 bits per heavy atom. The summed E-state index contributed by atoms with van der Waals surface area (Å²) in [6, 6.07) is 3.12. The molecule has 6 nitrogen and oxygen atoms in total. The third-order valence-corrected chi connectivity index (χ3v) is 2.28. The number of aromatic nitrogens is 2. The van der Waals surface area contributed by atoms with Crippen LogP contribution in [-0.4, -0.2) is 27.6 Å². The van der Waals surface area contributed by atoms with Crippen molar-refractivity contribution in [3.8, 4) is 5.75 Å². The molecule has 0 spiro atoms. The van der Waals surface area contributed by atoms with E-state index in [0.29, 0.717) is 11.3 Å². The Kier molecular flexibility index (Phi) is 2.49. The van der Waals surface area contributed by atoms with Crippen molar-refractivity contribution in [3.63, 3.8) is 0 Å². The molecule has 0 saturated heterocycles. The molecule has 3 N–H and O–H groups in total. The molecule has 2 rings (SSSR count). The maximum absolute atomic E-state index is 11.5. The summed E-state index contributed by atoms with van der Waals surface area (Å²) in [5, 5.41) is 9.70. The van der Waals surface area contributed by atoms with Gasteiger partial charge in [0.15, 0.2) is 5.69 Å². The first kappa shape index (κ1) is 10.4. The van der Waals surface area contributed by atoms with E-state index < -0.39 is 5.97 Å². The third kappa shape index (κ3) is 1.40. The van der Waals surface area contributed by atoms with Gasteiger partial charge in [0.25, 0.3) is 0 Å². The fourth-order valence-electron chi connectivity index (χ4n) is 1.57. The molecule has 0 amide bonds. The number of carbonyl (C=O) groups is 1. The lowest BCUT2D eigenvalue weighted by Crippen LogP contribution is -2.03. The number of methoxy groups -OCH3 is 1. The minimum Gasteiger partial charge on any atom is -0.506 e. The number of hydrogen-bond acceptors (Lipinski definition) is 5. The van der Waals surface area contributed by atoms with Crippen LogP contribution in [0.3, 0.4) is 0 Å². The SMILES string of the molecule is COC(=O)c1nc(CN)n2cccc(O)c12. The number of esters is 1. The van der Waals surface area contributed by atoms with Crippen molar-refractivity contribution in [2.75, 3.05) is 7.11 Å². The first-order valence-corrected chi connectivity index (χ1v) is 4.66. The van der Waals surface area contributed by atoms with Crippen LogP contribution in [0, 0.1) is 0 Å². The van der Waals surface area contributed by atoms with Crippen LogP contribution in [0.1, 0.15) is 16.3 Å². The van der Waals surface area contributed by atoms with Crippen LogP contribution in [0.4, 0.5) is 0 Å². The molecule has 2 aromatic rings. The first-order chi connectivity index (χ1) is 7.69. The molecule has 0 radical (unpaired) electrons. The molecule has 0 saturated carbocycles. The van der Waals surface area contributed by atoms with Gasteiger partial charge in [-0.3, -0.25) is 4.40 Å². The minimum absolute atomic E-state index is 0.0323. The van der Waals surface area contributed by atoms with Gasteiger partial charge in [0.05, 0.1) is 13.7 Å². The number of nitrogens with two attached hydrogens (primary N) is 1. The summed E-state index contributed by atoms with van der Waals surface area (Å²) in [6.07, 6.45) is 1.68. The molecular weight excluding hydrogens is 210 g/mol. The lowest BCUT2D eigenvalue weighted by molar-refractivity contribution is 0.0596. The summed E-state index contributed by atoms with van der Waals surface area (Å²) in [6.45, 7) is 0.168. The van der Waals surface area contributed by atoms with Gasteiger partial charge in [0, 0.05) is 6.20 Å². The Bertz CT molecular complexity index is 547. The van der Waals surface area contributed by atoms with Crippen LogP contribution in [-0.2, 0) is 11.3 Å². The second kappa shape index (κ2) is 3.82. The molecule has 0 aliphatic carbocycles. The van der Waals surface area contributed by atoms with E-state index in [4.69, 9.17) is 5.73 Å². The van der Waals surface area contributed by atoms with Crippen molar-refractivity contribution < 1.29 is 14.6 Å². The highest BCUT2D eigenvalue weighted by molar-refractivity contribution is 5.96. The summed E-state index contributed by atoms with van der Waals surface area (Å²) in [4.78, 5) is 15.5. The Morgan fingerprint density at radius 3 is 3.06 bits per heavy atom. The van der Waals surface area contributed by atoms with E-state index >= 15 is 0 Å². The number of imidazole rings is 1. The van der Waals surface area contributed by atoms with Crippen LogP contribution < -0.4 is 5.73 Å². The van der Waals surface area contributed by atoms with Crippen LogP contribution in [0.15, 0.2) is 18.3 Å². The largest absolute Gasteiger partial charge is 0.506 e. The second-order valence-corrected chi connectivity index (χ2v) is 3.18. The molecule has 0 aliphatic heterocycles. The van der Waals surface area contributed by atoms with Crippen LogP contribution >= 0.6 is 0 Å². The Labute approximate surface area is 91.3 Å². The van der Waals surface area contributed by atoms with Crippen molar-refractivity contribution in [2.24, 2.45) is 5.73 Å². The van der Waals surface area contributed by atoms with Crippen molar-refractivity contribution in [2.45, 2.75) is 6.54 Å². The summed E-state index contributed by atoms with van der Waals surface area (Å²) in [5.41, 5.74) is 5.89. The van der Waals surface area contributed by atoms with E-state index in [1.54, 1.807) is 16.7 Å². The predicted molar refractivity (Wildman–Crippen MR) is 56.1 cm³/mol. The average Bonchev–Trinajstić information content (AvgIpc) is 2.68. The topological polar surface area (TPSA) is 89.8 Å². The number of pyridine rings is 1. The number of fused-ring (bicyclic) bond motifs is 1. The van der Waals surface area contributed by atoms with Crippen molar-refractivity contribution in [1.82, 2.24) is 9.38 Å². The summed E-state index contributed by atoms with van der Waals surface area (Å²) in [5.74, 6) is -0.139. The van der Waals surface area contributed by atoms with E-state index in [1.165, 1.54) is 13.2 Å². The minimum atomic E-state index is -0.598. The van der Waals surface area contributed by atoms with E-state index in [-0.39, 0.29) is 18.0 Å². The number of hydrogen-bond donors (Lipinski definition) is 2. The quantitative estimate of drug-likeness (QED) is 0.711. The molecule has 0 bridgehead atoms. The average molecular weight is 221 g/mol. The van der Waals surface area contributed by atoms with Crippen LogP contribution in [0.2, 0.25) is 0 Å². The maximum Gasteiger partial charge on any atom is 0.359 e. The fourth-order valence-corrected chi connectivity index (χ4v) is 1.57. The number of ether oxygens (including phenoxy) is 1. The Morgan fingerprint density at radius 2 is 2.44 bits per heavy atom. The lowest BCUT2D eigenvalue weighted by atomic mass is 10.3. The maximum atomic E-state index is 11.5. The molecule has 0 aliphatic rings. The van der Waals surface area contributed by atoms with Gasteiger partial charge in [-0.2, -0.15) is 0 Å². The zero-order valence-corrected chi connectivity index (χ0v) is 8.67. The van der Waals surface area contributed by atoms with Crippen molar-refractivity contribution in [3.05, 3.63) is 29.8 Å².